The molecular formula is C12H19NS. The molecule has 3 unspecified atom stereocenters. The highest BCUT2D eigenvalue weighted by Gasteiger charge is 2.39. The van der Waals surface area contributed by atoms with Gasteiger partial charge in [0.05, 0.1) is 0 Å². The van der Waals surface area contributed by atoms with Crippen LogP contribution in [0.4, 0.5) is 0 Å². The molecule has 3 atom stereocenters. The van der Waals surface area contributed by atoms with Crippen LogP contribution in [-0.2, 0) is 5.54 Å². The van der Waals surface area contributed by atoms with Crippen LogP contribution in [-0.4, -0.2) is 0 Å². The molecular weight excluding hydrogens is 190 g/mol. The third kappa shape index (κ3) is 1.51. The fourth-order valence-electron chi connectivity index (χ4n) is 2.64. The van der Waals surface area contributed by atoms with Gasteiger partial charge < -0.3 is 5.73 Å². The lowest BCUT2D eigenvalue weighted by Gasteiger charge is -2.43. The van der Waals surface area contributed by atoms with Crippen LogP contribution in [0.15, 0.2) is 16.8 Å². The molecule has 1 heterocycles. The molecule has 0 aromatic carbocycles. The van der Waals surface area contributed by atoms with Gasteiger partial charge in [-0.25, -0.2) is 0 Å². The van der Waals surface area contributed by atoms with Crippen LogP contribution < -0.4 is 5.73 Å². The number of hydrogen-bond acceptors (Lipinski definition) is 2. The minimum absolute atomic E-state index is 0.0579. The highest BCUT2D eigenvalue weighted by Crippen LogP contribution is 2.42. The predicted molar refractivity (Wildman–Crippen MR) is 62.4 cm³/mol. The van der Waals surface area contributed by atoms with E-state index in [2.05, 4.69) is 30.7 Å². The zero-order chi connectivity index (χ0) is 10.2. The van der Waals surface area contributed by atoms with E-state index >= 15 is 0 Å². The molecule has 1 saturated carbocycles. The lowest BCUT2D eigenvalue weighted by molar-refractivity contribution is 0.144. The van der Waals surface area contributed by atoms with Gasteiger partial charge in [0.15, 0.2) is 0 Å². The Morgan fingerprint density at radius 2 is 2.29 bits per heavy atom. The Morgan fingerprint density at radius 3 is 2.93 bits per heavy atom. The summed E-state index contributed by atoms with van der Waals surface area (Å²) >= 11 is 1.76. The zero-order valence-electron chi connectivity index (χ0n) is 8.99. The fraction of sp³-hybridized carbons (Fsp3) is 0.667. The Hall–Kier alpha value is -0.340. The van der Waals surface area contributed by atoms with Gasteiger partial charge in [-0.2, -0.15) is 11.3 Å². The van der Waals surface area contributed by atoms with Gasteiger partial charge in [0, 0.05) is 5.54 Å². The fourth-order valence-corrected chi connectivity index (χ4v) is 3.39. The van der Waals surface area contributed by atoms with Gasteiger partial charge in [-0.15, -0.1) is 0 Å². The highest BCUT2D eigenvalue weighted by atomic mass is 32.1. The average molecular weight is 209 g/mol. The number of rotatable bonds is 1. The number of hydrogen-bond donors (Lipinski definition) is 1. The van der Waals surface area contributed by atoms with Crippen molar-refractivity contribution in [1.29, 1.82) is 0 Å². The zero-order valence-corrected chi connectivity index (χ0v) is 9.81. The highest BCUT2D eigenvalue weighted by molar-refractivity contribution is 7.08. The first kappa shape index (κ1) is 10.2. The maximum Gasteiger partial charge on any atom is 0.0446 e. The standard InChI is InChI=1S/C12H19NS/c1-9-4-3-6-12(13,10(9)2)11-5-7-14-8-11/h5,7-10H,3-4,6,13H2,1-2H3. The summed E-state index contributed by atoms with van der Waals surface area (Å²) in [4.78, 5) is 0. The summed E-state index contributed by atoms with van der Waals surface area (Å²) in [6, 6.07) is 2.19. The first-order chi connectivity index (χ1) is 6.64. The van der Waals surface area contributed by atoms with Gasteiger partial charge in [0.2, 0.25) is 0 Å². The summed E-state index contributed by atoms with van der Waals surface area (Å²) in [5, 5.41) is 4.35. The Balaban J connectivity index is 2.30. The van der Waals surface area contributed by atoms with Crippen molar-refractivity contribution in [3.05, 3.63) is 22.4 Å². The minimum Gasteiger partial charge on any atom is -0.321 e. The van der Waals surface area contributed by atoms with Crippen LogP contribution in [0.3, 0.4) is 0 Å². The number of thiophene rings is 1. The third-order valence-corrected chi connectivity index (χ3v) is 4.66. The van der Waals surface area contributed by atoms with E-state index < -0.39 is 0 Å². The molecule has 14 heavy (non-hydrogen) atoms. The second-order valence-corrected chi connectivity index (χ2v) is 5.49. The maximum absolute atomic E-state index is 6.57. The summed E-state index contributed by atoms with van der Waals surface area (Å²) < 4.78 is 0. The summed E-state index contributed by atoms with van der Waals surface area (Å²) in [7, 11) is 0. The first-order valence-corrected chi connectivity index (χ1v) is 6.40. The van der Waals surface area contributed by atoms with Crippen LogP contribution in [0.2, 0.25) is 0 Å². The Morgan fingerprint density at radius 1 is 1.50 bits per heavy atom. The molecule has 1 aliphatic carbocycles. The first-order valence-electron chi connectivity index (χ1n) is 5.46. The predicted octanol–water partition coefficient (Wildman–Crippen LogP) is 3.36. The molecule has 2 heteroatoms. The van der Waals surface area contributed by atoms with Crippen LogP contribution in [0.1, 0.15) is 38.7 Å². The molecule has 1 nitrogen and oxygen atoms in total. The molecule has 1 aromatic heterocycles. The molecule has 78 valence electrons. The summed E-state index contributed by atoms with van der Waals surface area (Å²) in [6.45, 7) is 4.64. The molecule has 0 amide bonds. The van der Waals surface area contributed by atoms with Crippen LogP contribution in [0.25, 0.3) is 0 Å². The quantitative estimate of drug-likeness (QED) is 0.754. The van der Waals surface area contributed by atoms with E-state index in [1.54, 1.807) is 11.3 Å². The average Bonchev–Trinajstić information content (AvgIpc) is 2.67. The SMILES string of the molecule is CC1CCCC(N)(c2ccsc2)C1C. The molecule has 0 saturated heterocycles. The Labute approximate surface area is 90.3 Å². The molecule has 0 radical (unpaired) electrons. The van der Waals surface area contributed by atoms with E-state index in [-0.39, 0.29) is 5.54 Å². The molecule has 0 spiro atoms. The van der Waals surface area contributed by atoms with Crippen molar-refractivity contribution in [2.75, 3.05) is 0 Å². The van der Waals surface area contributed by atoms with Gasteiger partial charge in [0.25, 0.3) is 0 Å². The molecule has 1 fully saturated rings. The van der Waals surface area contributed by atoms with Crippen molar-refractivity contribution in [2.45, 2.75) is 38.6 Å². The van der Waals surface area contributed by atoms with E-state index in [1.807, 2.05) is 0 Å². The number of nitrogens with two attached hydrogens (primary N) is 1. The second kappa shape index (κ2) is 3.67. The molecule has 0 aliphatic heterocycles. The lowest BCUT2D eigenvalue weighted by atomic mass is 9.66. The molecule has 0 bridgehead atoms. The van der Waals surface area contributed by atoms with Gasteiger partial charge in [0.1, 0.15) is 0 Å². The second-order valence-electron chi connectivity index (χ2n) is 4.71. The molecule has 1 aliphatic rings. The minimum atomic E-state index is -0.0579. The Kier molecular flexibility index (Phi) is 2.67. The lowest BCUT2D eigenvalue weighted by Crippen LogP contribution is -2.47. The smallest absolute Gasteiger partial charge is 0.0446 e. The topological polar surface area (TPSA) is 26.0 Å². The van der Waals surface area contributed by atoms with E-state index in [0.717, 1.165) is 12.3 Å². The molecule has 2 N–H and O–H groups in total. The van der Waals surface area contributed by atoms with E-state index in [9.17, 15) is 0 Å². The maximum atomic E-state index is 6.57. The normalized spacial score (nSPS) is 38.5. The largest absolute Gasteiger partial charge is 0.321 e. The van der Waals surface area contributed by atoms with Crippen LogP contribution in [0.5, 0.6) is 0 Å². The van der Waals surface area contributed by atoms with Crippen LogP contribution in [0, 0.1) is 11.8 Å². The van der Waals surface area contributed by atoms with Crippen LogP contribution >= 0.6 is 11.3 Å². The van der Waals surface area contributed by atoms with Crippen molar-refractivity contribution >= 4 is 11.3 Å². The monoisotopic (exact) mass is 209 g/mol. The summed E-state index contributed by atoms with van der Waals surface area (Å²) in [5.74, 6) is 1.36. The Bertz CT molecular complexity index is 293. The van der Waals surface area contributed by atoms with Crippen molar-refractivity contribution < 1.29 is 0 Å². The molecule has 2 rings (SSSR count). The van der Waals surface area contributed by atoms with Gasteiger partial charge in [-0.3, -0.25) is 0 Å². The summed E-state index contributed by atoms with van der Waals surface area (Å²) in [6.07, 6.45) is 3.76. The van der Waals surface area contributed by atoms with Crippen molar-refractivity contribution in [3.8, 4) is 0 Å². The van der Waals surface area contributed by atoms with E-state index in [0.29, 0.717) is 5.92 Å². The van der Waals surface area contributed by atoms with Crippen molar-refractivity contribution in [2.24, 2.45) is 17.6 Å². The van der Waals surface area contributed by atoms with Gasteiger partial charge >= 0.3 is 0 Å². The van der Waals surface area contributed by atoms with E-state index in [1.165, 1.54) is 18.4 Å². The van der Waals surface area contributed by atoms with E-state index in [4.69, 9.17) is 5.73 Å². The van der Waals surface area contributed by atoms with Crippen molar-refractivity contribution in [1.82, 2.24) is 0 Å². The van der Waals surface area contributed by atoms with Gasteiger partial charge in [-0.05, 0) is 40.6 Å². The summed E-state index contributed by atoms with van der Waals surface area (Å²) in [5.41, 5.74) is 7.86. The van der Waals surface area contributed by atoms with Crippen molar-refractivity contribution in [3.63, 3.8) is 0 Å². The van der Waals surface area contributed by atoms with Gasteiger partial charge in [-0.1, -0.05) is 26.7 Å². The third-order valence-electron chi connectivity index (χ3n) is 3.97. The molecule has 1 aromatic rings.